The van der Waals surface area contributed by atoms with Gasteiger partial charge >= 0.3 is 0 Å². The van der Waals surface area contributed by atoms with Crippen molar-refractivity contribution in [2.45, 2.75) is 45.6 Å². The summed E-state index contributed by atoms with van der Waals surface area (Å²) in [5.74, 6) is 0. The highest BCUT2D eigenvalue weighted by molar-refractivity contribution is 4.69. The number of nitrogens with zero attached hydrogens (tertiary/aromatic N) is 1. The second-order valence-corrected chi connectivity index (χ2v) is 4.31. The molecule has 0 heterocycles. The van der Waals surface area contributed by atoms with Gasteiger partial charge in [0.2, 0.25) is 0 Å². The van der Waals surface area contributed by atoms with Gasteiger partial charge in [-0.1, -0.05) is 13.8 Å². The molecule has 3 nitrogen and oxygen atoms in total. The van der Waals surface area contributed by atoms with Crippen LogP contribution in [0.1, 0.15) is 39.5 Å². The summed E-state index contributed by atoms with van der Waals surface area (Å²) in [5, 5.41) is 3.20. The minimum absolute atomic E-state index is 0.727. The normalized spacial score (nSPS) is 11.6. The number of ether oxygens (including phenoxy) is 1. The van der Waals surface area contributed by atoms with E-state index < -0.39 is 0 Å². The zero-order valence-electron chi connectivity index (χ0n) is 11.6. The van der Waals surface area contributed by atoms with Gasteiger partial charge in [-0.3, -0.25) is 4.90 Å². The van der Waals surface area contributed by atoms with E-state index in [4.69, 9.17) is 4.74 Å². The fourth-order valence-corrected chi connectivity index (χ4v) is 2.11. The van der Waals surface area contributed by atoms with Crippen LogP contribution in [-0.2, 0) is 4.74 Å². The number of rotatable bonds is 11. The van der Waals surface area contributed by atoms with Crippen LogP contribution < -0.4 is 5.32 Å². The molecule has 0 atom stereocenters. The maximum atomic E-state index is 5.18. The molecule has 16 heavy (non-hydrogen) atoms. The van der Waals surface area contributed by atoms with Gasteiger partial charge < -0.3 is 10.1 Å². The summed E-state index contributed by atoms with van der Waals surface area (Å²) in [6.07, 6.45) is 5.03. The van der Waals surface area contributed by atoms with Crippen molar-refractivity contribution in [3.05, 3.63) is 0 Å². The average molecular weight is 230 g/mol. The second-order valence-electron chi connectivity index (χ2n) is 4.31. The molecule has 98 valence electrons. The Bertz CT molecular complexity index is 138. The molecule has 0 aliphatic rings. The summed E-state index contributed by atoms with van der Waals surface area (Å²) in [7, 11) is 3.80. The number of methoxy groups -OCH3 is 1. The van der Waals surface area contributed by atoms with Crippen LogP contribution in [0.5, 0.6) is 0 Å². The number of hydrogen-bond donors (Lipinski definition) is 1. The molecule has 0 radical (unpaired) electrons. The molecule has 0 unspecified atom stereocenters. The monoisotopic (exact) mass is 230 g/mol. The average Bonchev–Trinajstić information content (AvgIpc) is 2.31. The van der Waals surface area contributed by atoms with E-state index in [-0.39, 0.29) is 0 Å². The molecule has 0 aliphatic carbocycles. The summed E-state index contributed by atoms with van der Waals surface area (Å²) >= 11 is 0. The number of nitrogens with one attached hydrogen (secondary N) is 1. The molecule has 0 aromatic carbocycles. The summed E-state index contributed by atoms with van der Waals surface area (Å²) < 4.78 is 5.18. The van der Waals surface area contributed by atoms with Crippen molar-refractivity contribution >= 4 is 0 Å². The summed E-state index contributed by atoms with van der Waals surface area (Å²) in [6.45, 7) is 8.81. The Morgan fingerprint density at radius 2 is 1.81 bits per heavy atom. The first kappa shape index (κ1) is 15.9. The molecule has 0 rings (SSSR count). The first-order valence-electron chi connectivity index (χ1n) is 6.67. The Balaban J connectivity index is 3.88. The van der Waals surface area contributed by atoms with Crippen molar-refractivity contribution in [3.63, 3.8) is 0 Å². The van der Waals surface area contributed by atoms with Crippen molar-refractivity contribution < 1.29 is 4.74 Å². The van der Waals surface area contributed by atoms with E-state index in [0.717, 1.165) is 25.7 Å². The molecule has 1 N–H and O–H groups in total. The molecule has 0 fully saturated rings. The molecular formula is C13H30N2O. The zero-order chi connectivity index (χ0) is 12.2. The third-order valence-electron chi connectivity index (χ3n) is 3.16. The van der Waals surface area contributed by atoms with E-state index in [2.05, 4.69) is 24.1 Å². The van der Waals surface area contributed by atoms with Crippen molar-refractivity contribution in [1.29, 1.82) is 0 Å². The quantitative estimate of drug-likeness (QED) is 0.550. The Labute approximate surface area is 102 Å². The minimum atomic E-state index is 0.727. The Morgan fingerprint density at radius 1 is 1.12 bits per heavy atom. The molecule has 0 aromatic rings. The molecule has 0 bridgehead atoms. The van der Waals surface area contributed by atoms with E-state index in [1.165, 1.54) is 32.2 Å². The van der Waals surface area contributed by atoms with Gasteiger partial charge in [0.05, 0.1) is 6.61 Å². The summed E-state index contributed by atoms with van der Waals surface area (Å²) in [4.78, 5) is 2.58. The van der Waals surface area contributed by atoms with Gasteiger partial charge in [0, 0.05) is 19.7 Å². The van der Waals surface area contributed by atoms with Crippen molar-refractivity contribution in [2.24, 2.45) is 0 Å². The van der Waals surface area contributed by atoms with Crippen LogP contribution in [-0.4, -0.2) is 51.3 Å². The maximum Gasteiger partial charge on any atom is 0.0589 e. The van der Waals surface area contributed by atoms with E-state index in [1.54, 1.807) is 7.11 Å². The maximum absolute atomic E-state index is 5.18. The van der Waals surface area contributed by atoms with Gasteiger partial charge in [-0.05, 0) is 45.8 Å². The zero-order valence-corrected chi connectivity index (χ0v) is 11.6. The van der Waals surface area contributed by atoms with Crippen LogP contribution in [0.4, 0.5) is 0 Å². The van der Waals surface area contributed by atoms with Gasteiger partial charge in [0.25, 0.3) is 0 Å². The third-order valence-corrected chi connectivity index (χ3v) is 3.16. The van der Waals surface area contributed by atoms with E-state index in [1.807, 2.05) is 7.05 Å². The Kier molecular flexibility index (Phi) is 11.3. The highest BCUT2D eigenvalue weighted by Crippen LogP contribution is 2.09. The van der Waals surface area contributed by atoms with Gasteiger partial charge in [0.15, 0.2) is 0 Å². The molecule has 0 aliphatic heterocycles. The molecular weight excluding hydrogens is 200 g/mol. The lowest BCUT2D eigenvalue weighted by Gasteiger charge is -2.30. The molecule has 0 spiro atoms. The second kappa shape index (κ2) is 11.4. The Hall–Kier alpha value is -0.120. The first-order chi connectivity index (χ1) is 7.79. The first-order valence-corrected chi connectivity index (χ1v) is 6.67. The number of unbranched alkanes of at least 4 members (excludes halogenated alkanes) is 1. The highest BCUT2D eigenvalue weighted by atomic mass is 16.5. The predicted octanol–water partition coefficient (Wildman–Crippen LogP) is 2.12. The number of hydrogen-bond acceptors (Lipinski definition) is 3. The fourth-order valence-electron chi connectivity index (χ4n) is 2.11. The summed E-state index contributed by atoms with van der Waals surface area (Å²) in [6, 6.07) is 0.727. The van der Waals surface area contributed by atoms with Crippen LogP contribution in [0, 0.1) is 0 Å². The van der Waals surface area contributed by atoms with Crippen molar-refractivity contribution in [3.8, 4) is 0 Å². The molecule has 0 amide bonds. The summed E-state index contributed by atoms with van der Waals surface area (Å²) in [5.41, 5.74) is 0. The van der Waals surface area contributed by atoms with Crippen molar-refractivity contribution in [2.75, 3.05) is 40.4 Å². The molecule has 0 aromatic heterocycles. The van der Waals surface area contributed by atoms with Gasteiger partial charge in [0.1, 0.15) is 0 Å². The van der Waals surface area contributed by atoms with Gasteiger partial charge in [-0.25, -0.2) is 0 Å². The van der Waals surface area contributed by atoms with Crippen LogP contribution in [0.2, 0.25) is 0 Å². The van der Waals surface area contributed by atoms with Crippen molar-refractivity contribution in [1.82, 2.24) is 10.2 Å². The molecule has 0 saturated heterocycles. The standard InChI is InChI=1S/C13H30N2O/c1-5-13(6-2)15(11-12-16-4)10-8-7-9-14-3/h13-14H,5-12H2,1-4H3. The highest BCUT2D eigenvalue weighted by Gasteiger charge is 2.13. The minimum Gasteiger partial charge on any atom is -0.383 e. The lowest BCUT2D eigenvalue weighted by atomic mass is 10.1. The van der Waals surface area contributed by atoms with E-state index >= 15 is 0 Å². The van der Waals surface area contributed by atoms with Gasteiger partial charge in [-0.15, -0.1) is 0 Å². The molecule has 0 saturated carbocycles. The van der Waals surface area contributed by atoms with E-state index in [0.29, 0.717) is 0 Å². The van der Waals surface area contributed by atoms with Gasteiger partial charge in [-0.2, -0.15) is 0 Å². The smallest absolute Gasteiger partial charge is 0.0589 e. The predicted molar refractivity (Wildman–Crippen MR) is 71.0 cm³/mol. The third kappa shape index (κ3) is 7.20. The Morgan fingerprint density at radius 3 is 2.31 bits per heavy atom. The van der Waals surface area contributed by atoms with E-state index in [9.17, 15) is 0 Å². The lowest BCUT2D eigenvalue weighted by molar-refractivity contribution is 0.114. The SMILES string of the molecule is CCC(CC)N(CCCCNC)CCOC. The lowest BCUT2D eigenvalue weighted by Crippen LogP contribution is -2.37. The molecule has 3 heteroatoms. The van der Waals surface area contributed by atoms with Crippen LogP contribution in [0.15, 0.2) is 0 Å². The van der Waals surface area contributed by atoms with Crippen LogP contribution in [0.3, 0.4) is 0 Å². The topological polar surface area (TPSA) is 24.5 Å². The fraction of sp³-hybridized carbons (Fsp3) is 1.00. The largest absolute Gasteiger partial charge is 0.383 e. The van der Waals surface area contributed by atoms with Crippen LogP contribution >= 0.6 is 0 Å². The van der Waals surface area contributed by atoms with Crippen LogP contribution in [0.25, 0.3) is 0 Å².